The molecule has 0 saturated heterocycles. The molecule has 0 radical (unpaired) electrons. The second kappa shape index (κ2) is 35.5. The molecule has 136 heavy (non-hydrogen) atoms. The fourth-order valence-corrected chi connectivity index (χ4v) is 18.8. The quantitative estimate of drug-likeness (QED) is 0.0940. The number of para-hydroxylation sites is 1. The molecule has 0 spiro atoms. The van der Waals surface area contributed by atoms with E-state index in [2.05, 4.69) is 238 Å². The molecule has 23 aromatic rings. The predicted molar refractivity (Wildman–Crippen MR) is 542 cm³/mol. The lowest BCUT2D eigenvalue weighted by atomic mass is 9.93. The fourth-order valence-electron chi connectivity index (χ4n) is 18.8. The summed E-state index contributed by atoms with van der Waals surface area (Å²) in [6.45, 7) is 0. The minimum atomic E-state index is 0.553. The van der Waals surface area contributed by atoms with E-state index in [0.717, 1.165) is 159 Å². The van der Waals surface area contributed by atoms with Crippen LogP contribution in [-0.4, -0.2) is 69.8 Å². The minimum Gasteiger partial charge on any atom is -0.455 e. The lowest BCUT2D eigenvalue weighted by Crippen LogP contribution is -2.00. The molecule has 0 amide bonds. The molecule has 0 unspecified atom stereocenters. The first-order chi connectivity index (χ1) is 67.4. The van der Waals surface area contributed by atoms with Crippen LogP contribution in [0.2, 0.25) is 0 Å². The van der Waals surface area contributed by atoms with Crippen LogP contribution >= 0.6 is 0 Å². The van der Waals surface area contributed by atoms with Crippen molar-refractivity contribution in [1.82, 2.24) is 69.8 Å². The van der Waals surface area contributed by atoms with Crippen LogP contribution in [0.5, 0.6) is 0 Å². The molecule has 7 aromatic heterocycles. The second-order valence-corrected chi connectivity index (χ2v) is 33.8. The van der Waals surface area contributed by atoms with E-state index in [0.29, 0.717) is 52.4 Å². The zero-order chi connectivity index (χ0) is 90.2. The Hall–Kier alpha value is -18.3. The number of hydrogen-bond acceptors (Lipinski definition) is 15. The molecule has 16 aromatic carbocycles. The monoisotopic (exact) mass is 1740 g/mol. The first-order valence-electron chi connectivity index (χ1n) is 45.4. The van der Waals surface area contributed by atoms with Crippen molar-refractivity contribution in [3.8, 4) is 203 Å². The van der Waals surface area contributed by atoms with E-state index < -0.39 is 0 Å². The smallest absolute Gasteiger partial charge is 0.167 e. The highest BCUT2D eigenvalue weighted by Crippen LogP contribution is 2.47. The minimum absolute atomic E-state index is 0.553. The zero-order valence-corrected chi connectivity index (χ0v) is 73.4. The molecule has 0 atom stereocenters. The zero-order valence-electron chi connectivity index (χ0n) is 73.4. The average molecular weight is 1740 g/mol. The van der Waals surface area contributed by atoms with Crippen molar-refractivity contribution >= 4 is 21.9 Å². The summed E-state index contributed by atoms with van der Waals surface area (Å²) in [6, 6.07) is 142. The maximum absolute atomic E-state index is 6.59. The molecule has 15 nitrogen and oxygen atoms in total. The van der Waals surface area contributed by atoms with Crippen molar-refractivity contribution < 1.29 is 4.42 Å². The topological polar surface area (TPSA) is 194 Å². The highest BCUT2D eigenvalue weighted by molar-refractivity contribution is 6.10. The van der Waals surface area contributed by atoms with E-state index in [1.807, 2.05) is 207 Å². The lowest BCUT2D eigenvalue weighted by molar-refractivity contribution is 0.669. The van der Waals surface area contributed by atoms with E-state index in [-0.39, 0.29) is 0 Å². The highest BCUT2D eigenvalue weighted by atomic mass is 16.3. The van der Waals surface area contributed by atoms with Crippen LogP contribution in [0.1, 0.15) is 33.4 Å². The summed E-state index contributed by atoms with van der Waals surface area (Å²) < 4.78 is 6.59. The fraction of sp³-hybridized carbons (Fsp3) is 0.0248. The van der Waals surface area contributed by atoms with Gasteiger partial charge in [-0.1, -0.05) is 364 Å². The van der Waals surface area contributed by atoms with Crippen LogP contribution < -0.4 is 0 Å². The normalized spacial score (nSPS) is 11.7. The first kappa shape index (κ1) is 80.9. The predicted octanol–water partition coefficient (Wildman–Crippen LogP) is 28.2. The molecule has 7 heterocycles. The summed E-state index contributed by atoms with van der Waals surface area (Å²) >= 11 is 0. The van der Waals surface area contributed by atoms with E-state index >= 15 is 0 Å². The van der Waals surface area contributed by atoms with Crippen molar-refractivity contribution in [1.29, 1.82) is 0 Å². The molecule has 0 aliphatic heterocycles. The summed E-state index contributed by atoms with van der Waals surface area (Å²) in [5.41, 5.74) is 37.9. The van der Waals surface area contributed by atoms with E-state index in [9.17, 15) is 0 Å². The third-order valence-electron chi connectivity index (χ3n) is 25.5. The largest absolute Gasteiger partial charge is 0.455 e. The van der Waals surface area contributed by atoms with E-state index in [4.69, 9.17) is 54.3 Å². The van der Waals surface area contributed by atoms with Gasteiger partial charge in [0.2, 0.25) is 0 Å². The molecule has 26 rings (SSSR count). The van der Waals surface area contributed by atoms with Crippen LogP contribution in [0.3, 0.4) is 0 Å². The maximum atomic E-state index is 6.59. The summed E-state index contributed by atoms with van der Waals surface area (Å²) in [5, 5.41) is 2.00. The first-order valence-corrected chi connectivity index (χ1v) is 45.4. The van der Waals surface area contributed by atoms with Gasteiger partial charge in [0, 0.05) is 120 Å². The van der Waals surface area contributed by atoms with Gasteiger partial charge in [-0.2, -0.15) is 0 Å². The van der Waals surface area contributed by atoms with Gasteiger partial charge in [-0.15, -0.1) is 0 Å². The van der Waals surface area contributed by atoms with Gasteiger partial charge in [0.15, 0.2) is 52.4 Å². The number of rotatable bonds is 15. The third-order valence-corrected chi connectivity index (χ3v) is 25.5. The highest BCUT2D eigenvalue weighted by Gasteiger charge is 2.29. The van der Waals surface area contributed by atoms with Crippen LogP contribution in [0.15, 0.2) is 442 Å². The molecular formula is C121H78N14O. The van der Waals surface area contributed by atoms with Gasteiger partial charge in [-0.05, 0) is 126 Å². The SMILES string of the molecule is c1ccc(-c2ccc(-c3nc(-c4ccccc4)nc(-c4cccc5c4oc4ccc(-c6ncnc7c6Cc6ccccc6-7)cc45)n3)cc2)cc1.c1ccc(-c2nc(-c3ccccc3)nc(-c3ccc(-c4cccc(-c5cccc6c5Cc5cncnc5-6)c4)cc3)n2)cc1.c1ccc(-c2nc(-c3ccccc3)nc(-c3cccc(-c4cccc(-c5cccc6c5Cc5cccnc5-6)c4)c3)n2)cc1. The van der Waals surface area contributed by atoms with Gasteiger partial charge in [0.1, 0.15) is 23.8 Å². The Morgan fingerprint density at radius 3 is 1.05 bits per heavy atom. The number of fused-ring (bicyclic) bond motifs is 12. The summed E-state index contributed by atoms with van der Waals surface area (Å²) in [5.74, 6) is 5.68. The van der Waals surface area contributed by atoms with Gasteiger partial charge >= 0.3 is 0 Å². The molecule has 0 bridgehead atoms. The number of furan rings is 1. The Labute approximate surface area is 784 Å². The van der Waals surface area contributed by atoms with Crippen molar-refractivity contribution in [2.75, 3.05) is 0 Å². The number of hydrogen-bond donors (Lipinski definition) is 0. The van der Waals surface area contributed by atoms with Gasteiger partial charge in [-0.25, -0.2) is 64.8 Å². The molecule has 3 aliphatic carbocycles. The van der Waals surface area contributed by atoms with Crippen LogP contribution in [0.25, 0.3) is 225 Å². The van der Waals surface area contributed by atoms with Gasteiger partial charge in [-0.3, -0.25) is 4.98 Å². The number of pyridine rings is 1. The molecule has 638 valence electrons. The molecular weight excluding hydrogens is 1670 g/mol. The van der Waals surface area contributed by atoms with E-state index in [1.54, 1.807) is 12.7 Å². The average Bonchev–Trinajstić information content (AvgIpc) is 1.60. The summed E-state index contributed by atoms with van der Waals surface area (Å²) in [6.07, 6.45) is 9.69. The Morgan fingerprint density at radius 2 is 0.522 bits per heavy atom. The molecule has 0 saturated carbocycles. The van der Waals surface area contributed by atoms with Crippen LogP contribution in [-0.2, 0) is 19.3 Å². The van der Waals surface area contributed by atoms with Crippen LogP contribution in [0, 0.1) is 0 Å². The molecule has 15 heteroatoms. The molecule has 3 aliphatic rings. The number of benzene rings is 16. The molecule has 0 N–H and O–H groups in total. The Kier molecular flexibility index (Phi) is 21.1. The number of nitrogens with zero attached hydrogens (tertiary/aromatic N) is 14. The Bertz CT molecular complexity index is 8370. The Balaban J connectivity index is 0.000000112. The van der Waals surface area contributed by atoms with Crippen molar-refractivity contribution in [2.45, 2.75) is 19.3 Å². The molecule has 0 fully saturated rings. The number of aromatic nitrogens is 14. The maximum Gasteiger partial charge on any atom is 0.167 e. The van der Waals surface area contributed by atoms with Gasteiger partial charge in [0.25, 0.3) is 0 Å². The van der Waals surface area contributed by atoms with E-state index in [1.165, 1.54) is 66.8 Å². The standard InChI is InChI=1S/C44H27N5O.C39H26N4.C38H25N5/c1-3-10-27(11-4-1)28-18-20-30(21-19-28)43-47-42(29-12-5-2-6-13-29)48-44(49-43)35-17-9-16-34-36-25-32(22-23-38(36)50-41(34)35)39-37-24-31-14-7-8-15-33(31)40(37)46-26-45-39;1-3-11-26(12-4-1)37-41-38(27-13-5-2-6-14-27)43-39(42-37)32-18-8-16-29(24-32)28-15-7-17-30(23-28)33-20-9-21-34-35(33)25-31-19-10-22-40-36(31)34;1-3-9-26(10-4-1)36-41-37(27-11-5-2-6-12-27)43-38(42-36)28-19-17-25(18-20-28)29-13-7-14-30(21-29)32-15-8-16-33-34(32)22-31-23-39-24-40-35(31)33/h1-23,25-26H,24H2;1-24H,25H2;1-21,23-24H,22H2. The third kappa shape index (κ3) is 15.9. The van der Waals surface area contributed by atoms with Crippen molar-refractivity contribution in [3.05, 3.63) is 471 Å². The van der Waals surface area contributed by atoms with Crippen molar-refractivity contribution in [3.63, 3.8) is 0 Å². The summed E-state index contributed by atoms with van der Waals surface area (Å²) in [4.78, 5) is 67.2. The van der Waals surface area contributed by atoms with Gasteiger partial charge in [0.05, 0.1) is 28.3 Å². The van der Waals surface area contributed by atoms with Crippen molar-refractivity contribution in [2.24, 2.45) is 0 Å². The lowest BCUT2D eigenvalue weighted by Gasteiger charge is -2.12. The Morgan fingerprint density at radius 1 is 0.184 bits per heavy atom. The van der Waals surface area contributed by atoms with Gasteiger partial charge < -0.3 is 4.42 Å². The van der Waals surface area contributed by atoms with Crippen LogP contribution in [0.4, 0.5) is 0 Å². The summed E-state index contributed by atoms with van der Waals surface area (Å²) in [7, 11) is 0. The second-order valence-electron chi connectivity index (χ2n) is 33.8.